The van der Waals surface area contributed by atoms with E-state index in [1.165, 1.54) is 101 Å². The van der Waals surface area contributed by atoms with Gasteiger partial charge in [0.25, 0.3) is 23.6 Å². The molecule has 0 unspecified atom stereocenters. The Morgan fingerprint density at radius 1 is 0.463 bits per heavy atom. The molecule has 3 saturated carbocycles. The van der Waals surface area contributed by atoms with E-state index in [0.717, 1.165) is 164 Å². The van der Waals surface area contributed by atoms with E-state index >= 15 is 0 Å². The quantitative estimate of drug-likeness (QED) is 0.0337. The summed E-state index contributed by atoms with van der Waals surface area (Å²) in [7, 11) is 2.98. The van der Waals surface area contributed by atoms with Crippen molar-refractivity contribution in [2.75, 3.05) is 40.4 Å². The summed E-state index contributed by atoms with van der Waals surface area (Å²) in [5, 5.41) is 0.516. The van der Waals surface area contributed by atoms with Gasteiger partial charge in [-0.15, -0.1) is 0 Å². The van der Waals surface area contributed by atoms with Gasteiger partial charge >= 0.3 is 0 Å². The van der Waals surface area contributed by atoms with Crippen molar-refractivity contribution in [1.29, 1.82) is 0 Å². The zero-order valence-electron chi connectivity index (χ0n) is 73.2. The van der Waals surface area contributed by atoms with E-state index in [4.69, 9.17) is 41.0 Å². The monoisotopic (exact) mass is 1760 g/mol. The zero-order valence-corrected chi connectivity index (χ0v) is 75.5. The minimum Gasteiger partial charge on any atom is -0.496 e. The second-order valence-electron chi connectivity index (χ2n) is 33.4. The second-order valence-corrected chi connectivity index (χ2v) is 34.7. The van der Waals surface area contributed by atoms with Gasteiger partial charge in [0.2, 0.25) is 0 Å². The SMILES string of the molecule is CCCCCc1ccc(C(=O)N(CCC)Cc2nc3cccnc3n2CC2CC2)cc1.CCCCN(Cc1nc2cccnc2n1C1CCCC1)C(=O)c1cc(Cl)ccc1OC.CCCn1c(CN(CCC(C)C)C(=O)c2ccc(F)c(Br)c2)nc2cccnc21.COc1ccc(C(=O)N(CCC(C)C)Cc2nc3cccnc3n2C2CCCC2)cc1F. The number of hydrogen-bond acceptors (Lipinski definition) is 14. The van der Waals surface area contributed by atoms with E-state index in [-0.39, 0.29) is 39.7 Å². The minimum absolute atomic E-state index is 0.0833. The number of aromatic nitrogens is 12. The summed E-state index contributed by atoms with van der Waals surface area (Å²) in [5.41, 5.74) is 10.4. The van der Waals surface area contributed by atoms with E-state index in [2.05, 4.69) is 122 Å². The van der Waals surface area contributed by atoms with Crippen LogP contribution < -0.4 is 9.47 Å². The molecule has 22 nitrogen and oxygen atoms in total. The molecule has 0 saturated heterocycles. The number of carbonyl (C=O) groups is 4. The maximum absolute atomic E-state index is 14.3. The first-order valence-electron chi connectivity index (χ1n) is 44.3. The van der Waals surface area contributed by atoms with Crippen molar-refractivity contribution < 1.29 is 37.4 Å². The fourth-order valence-corrected chi connectivity index (χ4v) is 16.8. The van der Waals surface area contributed by atoms with Crippen LogP contribution in [0, 0.1) is 29.4 Å². The van der Waals surface area contributed by atoms with Crippen molar-refractivity contribution in [2.45, 2.75) is 235 Å². The van der Waals surface area contributed by atoms with Gasteiger partial charge in [0.05, 0.1) is 50.4 Å². The summed E-state index contributed by atoms with van der Waals surface area (Å²) < 4.78 is 47.5. The molecule has 0 atom stereocenters. The maximum Gasteiger partial charge on any atom is 0.258 e. The first-order valence-corrected chi connectivity index (χ1v) is 45.5. The number of rotatable bonds is 35. The van der Waals surface area contributed by atoms with Crippen LogP contribution in [0.2, 0.25) is 5.02 Å². The van der Waals surface area contributed by atoms with Gasteiger partial charge in [-0.1, -0.05) is 124 Å². The summed E-state index contributed by atoms with van der Waals surface area (Å²) in [5.74, 6) is 4.51. The number of aryl methyl sites for hydroxylation is 2. The fraction of sp³-hybridized carbons (Fsp3) is 0.464. The lowest BCUT2D eigenvalue weighted by Gasteiger charge is -2.25. The summed E-state index contributed by atoms with van der Waals surface area (Å²) in [4.78, 5) is 98.6. The van der Waals surface area contributed by atoms with Gasteiger partial charge in [-0.2, -0.15) is 0 Å². The highest BCUT2D eigenvalue weighted by Gasteiger charge is 2.32. The van der Waals surface area contributed by atoms with E-state index in [9.17, 15) is 28.0 Å². The van der Waals surface area contributed by atoms with Crippen LogP contribution in [0.4, 0.5) is 8.78 Å². The first kappa shape index (κ1) is 91.7. The summed E-state index contributed by atoms with van der Waals surface area (Å²) in [6.07, 6.45) is 29.3. The molecule has 0 radical (unpaired) electrons. The Morgan fingerprint density at radius 3 is 1.40 bits per heavy atom. The summed E-state index contributed by atoms with van der Waals surface area (Å²) >= 11 is 9.38. The summed E-state index contributed by atoms with van der Waals surface area (Å²) in [6.45, 7) is 23.1. The number of unbranched alkanes of at least 4 members (excludes halogenated alkanes) is 3. The summed E-state index contributed by atoms with van der Waals surface area (Å²) in [6, 6.07) is 38.4. The number of carbonyl (C=O) groups excluding carboxylic acids is 4. The highest BCUT2D eigenvalue weighted by molar-refractivity contribution is 9.10. The molecule has 3 fully saturated rings. The Kier molecular flexibility index (Phi) is 33.3. The third-order valence-corrected chi connectivity index (χ3v) is 23.9. The van der Waals surface area contributed by atoms with Crippen LogP contribution in [0.1, 0.15) is 260 Å². The number of methoxy groups -OCH3 is 2. The molecule has 3 aliphatic rings. The molecule has 123 heavy (non-hydrogen) atoms. The maximum atomic E-state index is 14.3. The molecule has 12 aromatic rings. The molecule has 4 aromatic carbocycles. The van der Waals surface area contributed by atoms with Crippen molar-refractivity contribution in [2.24, 2.45) is 17.8 Å². The van der Waals surface area contributed by atoms with Gasteiger partial charge in [-0.25, -0.2) is 48.7 Å². The van der Waals surface area contributed by atoms with Gasteiger partial charge < -0.3 is 47.3 Å². The number of ether oxygens (including phenoxy) is 2. The highest BCUT2D eigenvalue weighted by Crippen LogP contribution is 2.38. The van der Waals surface area contributed by atoms with Crippen LogP contribution in [0.3, 0.4) is 0 Å². The lowest BCUT2D eigenvalue weighted by atomic mass is 10.0. The third kappa shape index (κ3) is 23.9. The molecule has 0 spiro atoms. The third-order valence-electron chi connectivity index (χ3n) is 23.1. The molecule has 3 aliphatic carbocycles. The highest BCUT2D eigenvalue weighted by atomic mass is 79.9. The Morgan fingerprint density at radius 2 is 0.911 bits per heavy atom. The molecular weight excluding hydrogens is 1640 g/mol. The molecule has 0 aliphatic heterocycles. The normalized spacial score (nSPS) is 13.5. The number of hydrogen-bond donors (Lipinski definition) is 0. The van der Waals surface area contributed by atoms with Crippen LogP contribution in [-0.4, -0.2) is 142 Å². The number of fused-ring (bicyclic) bond motifs is 4. The molecular formula is C97H120BrClF2N16O6. The van der Waals surface area contributed by atoms with Crippen LogP contribution >= 0.6 is 27.5 Å². The van der Waals surface area contributed by atoms with Crippen molar-refractivity contribution in [3.63, 3.8) is 0 Å². The Labute approximate surface area is 735 Å². The van der Waals surface area contributed by atoms with E-state index in [0.29, 0.717) is 103 Å². The Balaban J connectivity index is 0.000000150. The molecule has 652 valence electrons. The number of pyridine rings is 4. The van der Waals surface area contributed by atoms with Crippen molar-refractivity contribution in [3.8, 4) is 11.5 Å². The Bertz CT molecular complexity index is 5500. The minimum atomic E-state index is -0.537. The molecule has 0 N–H and O–H groups in total. The van der Waals surface area contributed by atoms with Gasteiger partial charge in [0, 0.05) is 97.9 Å². The average Bonchev–Trinajstić information content (AvgIpc) is 1.39. The van der Waals surface area contributed by atoms with Gasteiger partial charge in [0.15, 0.2) is 34.2 Å². The molecule has 8 aromatic heterocycles. The largest absolute Gasteiger partial charge is 0.496 e. The van der Waals surface area contributed by atoms with Crippen LogP contribution in [0.25, 0.3) is 44.7 Å². The average molecular weight is 1760 g/mol. The Hall–Kier alpha value is -10.5. The molecule has 0 bridgehead atoms. The van der Waals surface area contributed by atoms with Crippen molar-refractivity contribution in [1.82, 2.24) is 77.7 Å². The second kappa shape index (κ2) is 44.7. The lowest BCUT2D eigenvalue weighted by molar-refractivity contribution is 0.0721. The molecule has 15 rings (SSSR count). The van der Waals surface area contributed by atoms with E-state index < -0.39 is 5.82 Å². The standard InChI is InChI=1S/C26H34N4O.C25H31FN4O2.C24H29ClN4O2.C22H26BrFN4O/c1-3-5-6-8-20-12-14-22(15-13-20)26(31)29(17-4-2)19-24-28-23-9-7-16-27-25(23)30(24)18-21-10-11-21;1-17(2)12-14-29(25(31)18-10-11-22(32-3)20(26)15-18)16-23-28-21-9-6-13-27-24(21)30(23)19-7-4-5-8-19;1-3-4-14-28(24(30)19-15-17(25)11-12-21(19)31-2)16-22-27-20-10-7-13-26-23(20)29(22)18-8-5-6-9-18;1-4-11-28-20(26-19-6-5-10-25-21(19)28)14-27(12-9-15(2)3)22(29)16-7-8-18(24)17(23)13-16/h7,9,12-16,21H,3-6,8,10-11,17-19H2,1-2H3;6,9-11,13,15,17,19H,4-5,7-8,12,14,16H2,1-3H3;7,10-13,15,18H,3-6,8-9,14,16H2,1-2H3;5-8,10,13,15H,4,9,11-12,14H2,1-3H3. The first-order chi connectivity index (χ1) is 59.7. The number of halogens is 4. The van der Waals surface area contributed by atoms with E-state index in [1.807, 2.05) is 82.9 Å². The van der Waals surface area contributed by atoms with Crippen LogP contribution in [0.5, 0.6) is 11.5 Å². The molecule has 4 amide bonds. The topological polar surface area (TPSA) is 223 Å². The van der Waals surface area contributed by atoms with Crippen LogP contribution in [-0.2, 0) is 45.7 Å². The van der Waals surface area contributed by atoms with E-state index in [1.54, 1.807) is 53.6 Å². The predicted octanol–water partition coefficient (Wildman–Crippen LogP) is 22.1. The number of nitrogens with zero attached hydrogens (tertiary/aromatic N) is 16. The van der Waals surface area contributed by atoms with Gasteiger partial charge in [-0.3, -0.25) is 19.2 Å². The van der Waals surface area contributed by atoms with Crippen LogP contribution in [0.15, 0.2) is 157 Å². The fourth-order valence-electron chi connectivity index (χ4n) is 16.3. The van der Waals surface area contributed by atoms with Crippen molar-refractivity contribution in [3.05, 3.63) is 224 Å². The molecule has 26 heteroatoms. The van der Waals surface area contributed by atoms with Crippen molar-refractivity contribution >= 4 is 95.8 Å². The zero-order chi connectivity index (χ0) is 87.1. The smallest absolute Gasteiger partial charge is 0.258 e. The predicted molar refractivity (Wildman–Crippen MR) is 486 cm³/mol. The lowest BCUT2D eigenvalue weighted by Crippen LogP contribution is -2.33. The number of amides is 4. The van der Waals surface area contributed by atoms with Gasteiger partial charge in [0.1, 0.15) is 56.9 Å². The van der Waals surface area contributed by atoms with Gasteiger partial charge in [-0.05, 0) is 238 Å². The number of benzene rings is 4. The molecule has 8 heterocycles. The number of imidazole rings is 4.